The molecule has 1 aliphatic rings. The minimum Gasteiger partial charge on any atom is -0.435 e. The van der Waals surface area contributed by atoms with Crippen LogP contribution in [0.25, 0.3) is 0 Å². The van der Waals surface area contributed by atoms with Gasteiger partial charge in [0.05, 0.1) is 6.04 Å². The van der Waals surface area contributed by atoms with E-state index in [1.54, 1.807) is 31.2 Å². The lowest BCUT2D eigenvalue weighted by Gasteiger charge is -2.46. The maximum atomic E-state index is 13.2. The van der Waals surface area contributed by atoms with Gasteiger partial charge >= 0.3 is 6.61 Å². The smallest absolute Gasteiger partial charge is 0.387 e. The second-order valence-electron chi connectivity index (χ2n) is 6.67. The Balaban J connectivity index is 1.93. The fourth-order valence-corrected chi connectivity index (χ4v) is 3.66. The number of ether oxygens (including phenoxy) is 2. The number of para-hydroxylation sites is 1. The third-order valence-electron chi connectivity index (χ3n) is 4.79. The van der Waals surface area contributed by atoms with E-state index in [9.17, 15) is 13.6 Å². The van der Waals surface area contributed by atoms with Crippen LogP contribution >= 0.6 is 12.2 Å². The normalized spacial score (nSPS) is 23.8. The first-order valence-corrected chi connectivity index (χ1v) is 9.28. The average Bonchev–Trinajstić information content (AvgIpc) is 2.68. The Morgan fingerprint density at radius 3 is 2.41 bits per heavy atom. The van der Waals surface area contributed by atoms with Crippen LogP contribution in [0.15, 0.2) is 54.6 Å². The lowest BCUT2D eigenvalue weighted by Crippen LogP contribution is -2.66. The van der Waals surface area contributed by atoms with E-state index in [1.165, 1.54) is 19.2 Å². The van der Waals surface area contributed by atoms with Gasteiger partial charge < -0.3 is 25.4 Å². The van der Waals surface area contributed by atoms with Gasteiger partial charge in [-0.1, -0.05) is 30.3 Å². The quantitative estimate of drug-likeness (QED) is 0.621. The number of amides is 1. The Morgan fingerprint density at radius 2 is 1.83 bits per heavy atom. The van der Waals surface area contributed by atoms with E-state index < -0.39 is 24.3 Å². The molecule has 1 saturated heterocycles. The summed E-state index contributed by atoms with van der Waals surface area (Å²) in [6.07, 6.45) is 0. The van der Waals surface area contributed by atoms with E-state index in [1.807, 2.05) is 18.2 Å². The number of hydrogen-bond acceptors (Lipinski definition) is 4. The number of methoxy groups -OCH3 is 1. The van der Waals surface area contributed by atoms with Crippen molar-refractivity contribution in [2.45, 2.75) is 25.3 Å². The Bertz CT molecular complexity index is 867. The summed E-state index contributed by atoms with van der Waals surface area (Å²) in [4.78, 5) is 13.2. The van der Waals surface area contributed by atoms with E-state index in [2.05, 4.69) is 20.7 Å². The Hall–Kier alpha value is -2.78. The van der Waals surface area contributed by atoms with Crippen LogP contribution < -0.4 is 20.7 Å². The molecule has 6 nitrogen and oxygen atoms in total. The standard InChI is InChI=1S/C20H21F2N3O3S/c1-20(27-2)15(17(26)23-13-6-4-3-5-7-13)16(24-19(29)25-20)12-8-10-14(11-9-12)28-18(21)22/h3-11,15-16,18H,1-2H3,(H,23,26)(H2,24,25,29). The van der Waals surface area contributed by atoms with Gasteiger partial charge in [-0.15, -0.1) is 0 Å². The van der Waals surface area contributed by atoms with Crippen LogP contribution in [-0.2, 0) is 9.53 Å². The Labute approximate surface area is 172 Å². The van der Waals surface area contributed by atoms with E-state index >= 15 is 0 Å². The molecule has 1 heterocycles. The summed E-state index contributed by atoms with van der Waals surface area (Å²) in [5, 5.41) is 9.30. The minimum absolute atomic E-state index is 0.0278. The predicted octanol–water partition coefficient (Wildman–Crippen LogP) is 3.42. The Kier molecular flexibility index (Phi) is 6.29. The molecule has 3 atom stereocenters. The molecular weight excluding hydrogens is 400 g/mol. The van der Waals surface area contributed by atoms with Crippen LogP contribution in [0.4, 0.5) is 14.5 Å². The first-order valence-electron chi connectivity index (χ1n) is 8.87. The minimum atomic E-state index is -2.91. The monoisotopic (exact) mass is 421 g/mol. The highest BCUT2D eigenvalue weighted by molar-refractivity contribution is 7.80. The third-order valence-corrected chi connectivity index (χ3v) is 5.01. The number of carbonyl (C=O) groups is 1. The first-order chi connectivity index (χ1) is 13.8. The van der Waals surface area contributed by atoms with Gasteiger partial charge in [-0.05, 0) is 49.0 Å². The van der Waals surface area contributed by atoms with Gasteiger partial charge in [-0.2, -0.15) is 8.78 Å². The molecule has 3 rings (SSSR count). The maximum absolute atomic E-state index is 13.2. The molecule has 1 amide bonds. The van der Waals surface area contributed by atoms with Crippen molar-refractivity contribution in [3.63, 3.8) is 0 Å². The number of halogens is 2. The summed E-state index contributed by atoms with van der Waals surface area (Å²) in [5.41, 5.74) is 0.222. The second kappa shape index (κ2) is 8.71. The molecule has 3 N–H and O–H groups in total. The molecule has 0 spiro atoms. The first kappa shape index (κ1) is 20.9. The average molecular weight is 421 g/mol. The Morgan fingerprint density at radius 1 is 1.17 bits per heavy atom. The van der Waals surface area contributed by atoms with Crippen LogP contribution in [0.2, 0.25) is 0 Å². The van der Waals surface area contributed by atoms with Gasteiger partial charge in [0, 0.05) is 12.8 Å². The van der Waals surface area contributed by atoms with Crippen molar-refractivity contribution >= 4 is 28.9 Å². The van der Waals surface area contributed by atoms with Gasteiger partial charge in [-0.3, -0.25) is 4.79 Å². The summed E-state index contributed by atoms with van der Waals surface area (Å²) in [5.74, 6) is -0.998. The molecule has 1 aliphatic heterocycles. The highest BCUT2D eigenvalue weighted by Gasteiger charge is 2.49. The number of anilines is 1. The lowest BCUT2D eigenvalue weighted by molar-refractivity contribution is -0.137. The highest BCUT2D eigenvalue weighted by Crippen LogP contribution is 2.36. The number of hydrogen-bond donors (Lipinski definition) is 3. The van der Waals surface area contributed by atoms with E-state index in [0.29, 0.717) is 16.4 Å². The van der Waals surface area contributed by atoms with Crippen LogP contribution in [-0.4, -0.2) is 30.5 Å². The topological polar surface area (TPSA) is 71.6 Å². The summed E-state index contributed by atoms with van der Waals surface area (Å²) in [6, 6.07) is 14.6. The van der Waals surface area contributed by atoms with Crippen molar-refractivity contribution in [1.29, 1.82) is 0 Å². The number of carbonyl (C=O) groups excluding carboxylic acids is 1. The molecule has 0 saturated carbocycles. The summed E-state index contributed by atoms with van der Waals surface area (Å²) < 4.78 is 34.9. The molecule has 3 unspecified atom stereocenters. The van der Waals surface area contributed by atoms with Crippen molar-refractivity contribution in [3.05, 3.63) is 60.2 Å². The van der Waals surface area contributed by atoms with Crippen molar-refractivity contribution in [1.82, 2.24) is 10.6 Å². The molecule has 29 heavy (non-hydrogen) atoms. The second-order valence-corrected chi connectivity index (χ2v) is 7.08. The molecule has 2 aromatic carbocycles. The fourth-order valence-electron chi connectivity index (χ4n) is 3.34. The molecule has 1 fully saturated rings. The molecule has 154 valence electrons. The SMILES string of the molecule is COC1(C)NC(=S)NC(c2ccc(OC(F)F)cc2)C1C(=O)Nc1ccccc1. The van der Waals surface area contributed by atoms with Crippen molar-refractivity contribution < 1.29 is 23.0 Å². The van der Waals surface area contributed by atoms with Gasteiger partial charge in [0.2, 0.25) is 5.91 Å². The van der Waals surface area contributed by atoms with Crippen LogP contribution in [0.5, 0.6) is 5.75 Å². The number of nitrogens with one attached hydrogen (secondary N) is 3. The van der Waals surface area contributed by atoms with Gasteiger partial charge in [-0.25, -0.2) is 0 Å². The van der Waals surface area contributed by atoms with Crippen molar-refractivity contribution in [2.75, 3.05) is 12.4 Å². The molecule has 0 radical (unpaired) electrons. The number of thiocarbonyl (C=S) groups is 1. The summed E-state index contributed by atoms with van der Waals surface area (Å²) in [7, 11) is 1.49. The van der Waals surface area contributed by atoms with Crippen molar-refractivity contribution in [3.8, 4) is 5.75 Å². The largest absolute Gasteiger partial charge is 0.435 e. The number of rotatable bonds is 6. The van der Waals surface area contributed by atoms with Crippen LogP contribution in [0.1, 0.15) is 18.5 Å². The van der Waals surface area contributed by atoms with Gasteiger partial charge in [0.25, 0.3) is 0 Å². The zero-order valence-corrected chi connectivity index (χ0v) is 16.6. The zero-order chi connectivity index (χ0) is 21.0. The molecule has 9 heteroatoms. The fraction of sp³-hybridized carbons (Fsp3) is 0.300. The molecule has 0 aromatic heterocycles. The zero-order valence-electron chi connectivity index (χ0n) is 15.8. The number of alkyl halides is 2. The molecule has 0 aliphatic carbocycles. The molecule has 2 aromatic rings. The summed E-state index contributed by atoms with van der Waals surface area (Å²) >= 11 is 5.29. The van der Waals surface area contributed by atoms with Crippen molar-refractivity contribution in [2.24, 2.45) is 5.92 Å². The molecular formula is C20H21F2N3O3S. The predicted molar refractivity (Wildman–Crippen MR) is 109 cm³/mol. The van der Waals surface area contributed by atoms with E-state index in [-0.39, 0.29) is 11.7 Å². The number of benzene rings is 2. The van der Waals surface area contributed by atoms with Crippen LogP contribution in [0, 0.1) is 5.92 Å². The van der Waals surface area contributed by atoms with Gasteiger partial charge in [0.1, 0.15) is 11.7 Å². The maximum Gasteiger partial charge on any atom is 0.387 e. The summed E-state index contributed by atoms with van der Waals surface area (Å²) in [6.45, 7) is -1.18. The van der Waals surface area contributed by atoms with E-state index in [0.717, 1.165) is 0 Å². The highest BCUT2D eigenvalue weighted by atomic mass is 32.1. The van der Waals surface area contributed by atoms with Crippen LogP contribution in [0.3, 0.4) is 0 Å². The molecule has 0 bridgehead atoms. The third kappa shape index (κ3) is 4.80. The van der Waals surface area contributed by atoms with E-state index in [4.69, 9.17) is 17.0 Å². The van der Waals surface area contributed by atoms with Gasteiger partial charge in [0.15, 0.2) is 10.8 Å². The lowest BCUT2D eigenvalue weighted by atomic mass is 9.82.